The van der Waals surface area contributed by atoms with Gasteiger partial charge in [-0.25, -0.2) is 0 Å². The number of ketones is 1. The second kappa shape index (κ2) is 29.5. The molecule has 3 heterocycles. The molecule has 3 fully saturated rings. The fraction of sp³-hybridized carbons (Fsp3) is 0.750. The van der Waals surface area contributed by atoms with Crippen LogP contribution in [0.3, 0.4) is 0 Å². The Morgan fingerprint density at radius 3 is 2.03 bits per heavy atom. The third-order valence-corrected chi connectivity index (χ3v) is 15.0. The zero-order valence-corrected chi connectivity index (χ0v) is 43.7. The third kappa shape index (κ3) is 17.4. The second-order valence-corrected chi connectivity index (χ2v) is 21.1. The first-order valence-corrected chi connectivity index (χ1v) is 26.6. The Hall–Kier alpha value is -4.81. The van der Waals surface area contributed by atoms with Crippen molar-refractivity contribution in [2.24, 2.45) is 23.5 Å². The summed E-state index contributed by atoms with van der Waals surface area (Å²) in [5.41, 5.74) is 5.73. The second-order valence-electron chi connectivity index (χ2n) is 21.1. The van der Waals surface area contributed by atoms with Gasteiger partial charge < -0.3 is 77.7 Å². The van der Waals surface area contributed by atoms with Crippen LogP contribution < -0.4 is 27.0 Å². The molecular formula is C52H85N7O15. The zero-order chi connectivity index (χ0) is 55.0. The van der Waals surface area contributed by atoms with E-state index in [0.717, 1.165) is 54.7 Å². The number of nitrogens with zero attached hydrogens (tertiary/aromatic N) is 2. The summed E-state index contributed by atoms with van der Waals surface area (Å²) in [6, 6.07) is -4.84. The van der Waals surface area contributed by atoms with E-state index >= 15 is 0 Å². The molecule has 74 heavy (non-hydrogen) atoms. The number of benzene rings is 1. The largest absolute Gasteiger partial charge is 0.508 e. The van der Waals surface area contributed by atoms with Gasteiger partial charge in [0, 0.05) is 38.8 Å². The van der Waals surface area contributed by atoms with Gasteiger partial charge in [-0.05, 0) is 75.6 Å². The van der Waals surface area contributed by atoms with Crippen LogP contribution in [0.15, 0.2) is 24.3 Å². The quantitative estimate of drug-likeness (QED) is 0.0718. The van der Waals surface area contributed by atoms with Crippen molar-refractivity contribution in [1.29, 1.82) is 0 Å². The van der Waals surface area contributed by atoms with Crippen molar-refractivity contribution in [2.45, 2.75) is 210 Å². The number of nitrogens with two attached hydrogens (primary N) is 1. The lowest BCUT2D eigenvalue weighted by molar-refractivity contribution is -0.149. The Balaban J connectivity index is 1.68. The minimum Gasteiger partial charge on any atom is -0.508 e. The number of aliphatic hydroxyl groups excluding tert-OH is 7. The van der Waals surface area contributed by atoms with Gasteiger partial charge in [0.1, 0.15) is 36.0 Å². The summed E-state index contributed by atoms with van der Waals surface area (Å²) in [6.45, 7) is 8.36. The molecule has 22 heteroatoms. The summed E-state index contributed by atoms with van der Waals surface area (Å²) < 4.78 is 0. The van der Waals surface area contributed by atoms with Crippen LogP contribution in [0.4, 0.5) is 0 Å². The molecule has 0 bridgehead atoms. The number of aromatic hydroxyl groups is 1. The first kappa shape index (κ1) is 61.7. The molecule has 0 aromatic heterocycles. The maximum absolute atomic E-state index is 14.5. The first-order valence-electron chi connectivity index (χ1n) is 26.6. The molecule has 16 atom stereocenters. The van der Waals surface area contributed by atoms with Crippen molar-refractivity contribution in [3.63, 3.8) is 0 Å². The average molecular weight is 1050 g/mol. The van der Waals surface area contributed by atoms with Crippen LogP contribution in [0.5, 0.6) is 5.75 Å². The van der Waals surface area contributed by atoms with Crippen molar-refractivity contribution in [3.05, 3.63) is 29.8 Å². The smallest absolute Gasteiger partial charge is 0.248 e. The maximum atomic E-state index is 14.5. The van der Waals surface area contributed by atoms with Crippen LogP contribution in [-0.4, -0.2) is 184 Å². The number of phenolic OH excluding ortho intramolecular Hbond substituents is 1. The molecule has 4 rings (SSSR count). The summed E-state index contributed by atoms with van der Waals surface area (Å²) in [5, 5.41) is 98.8. The van der Waals surface area contributed by atoms with E-state index in [9.17, 15) is 74.4 Å². The number of rotatable bonds is 20. The molecule has 3 aliphatic rings. The lowest BCUT2D eigenvalue weighted by Gasteiger charge is -2.34. The van der Waals surface area contributed by atoms with Crippen LogP contribution >= 0.6 is 0 Å². The zero-order valence-electron chi connectivity index (χ0n) is 43.7. The Labute approximate surface area is 434 Å². The summed E-state index contributed by atoms with van der Waals surface area (Å²) in [5.74, 6) is -7.68. The van der Waals surface area contributed by atoms with E-state index < -0.39 is 152 Å². The summed E-state index contributed by atoms with van der Waals surface area (Å²) in [7, 11) is 0. The van der Waals surface area contributed by atoms with Gasteiger partial charge in [0.2, 0.25) is 35.4 Å². The topological polar surface area (TPSA) is 362 Å². The van der Waals surface area contributed by atoms with Gasteiger partial charge in [0.05, 0.1) is 54.6 Å². The molecule has 0 saturated carbocycles. The van der Waals surface area contributed by atoms with E-state index in [1.807, 2.05) is 0 Å². The number of hydrogen-bond donors (Lipinski definition) is 13. The molecule has 1 aromatic rings. The minimum atomic E-state index is -2.15. The lowest BCUT2D eigenvalue weighted by atomic mass is 9.86. The number of amides is 6. The van der Waals surface area contributed by atoms with E-state index in [-0.39, 0.29) is 43.7 Å². The molecule has 22 nitrogen and oxygen atoms in total. The molecule has 418 valence electrons. The number of fused-ring (bicyclic) bond motifs is 2. The van der Waals surface area contributed by atoms with Crippen LogP contribution in [0.2, 0.25) is 0 Å². The predicted molar refractivity (Wildman–Crippen MR) is 270 cm³/mol. The van der Waals surface area contributed by atoms with Crippen LogP contribution in [0.25, 0.3) is 0 Å². The van der Waals surface area contributed by atoms with Crippen LogP contribution in [0, 0.1) is 17.8 Å². The fourth-order valence-electron chi connectivity index (χ4n) is 10.2. The number of hydrogen-bond acceptors (Lipinski definition) is 16. The molecule has 2 unspecified atom stereocenters. The van der Waals surface area contributed by atoms with Crippen molar-refractivity contribution in [3.8, 4) is 5.75 Å². The Bertz CT molecular complexity index is 2010. The Kier molecular flexibility index (Phi) is 24.6. The Morgan fingerprint density at radius 2 is 1.39 bits per heavy atom. The van der Waals surface area contributed by atoms with E-state index in [1.165, 1.54) is 44.5 Å². The maximum Gasteiger partial charge on any atom is 0.248 e. The van der Waals surface area contributed by atoms with Gasteiger partial charge in [-0.1, -0.05) is 77.8 Å². The van der Waals surface area contributed by atoms with Gasteiger partial charge in [-0.2, -0.15) is 0 Å². The van der Waals surface area contributed by atoms with Crippen molar-refractivity contribution >= 4 is 41.2 Å². The highest BCUT2D eigenvalue weighted by Gasteiger charge is 2.48. The van der Waals surface area contributed by atoms with Gasteiger partial charge >= 0.3 is 0 Å². The highest BCUT2D eigenvalue weighted by molar-refractivity contribution is 5.98. The first-order chi connectivity index (χ1) is 35.0. The Morgan fingerprint density at radius 1 is 0.770 bits per heavy atom. The highest BCUT2D eigenvalue weighted by atomic mass is 16.3. The van der Waals surface area contributed by atoms with Crippen LogP contribution in [-0.2, 0) is 33.6 Å². The van der Waals surface area contributed by atoms with Crippen LogP contribution in [0.1, 0.15) is 143 Å². The van der Waals surface area contributed by atoms with E-state index in [2.05, 4.69) is 42.0 Å². The summed E-state index contributed by atoms with van der Waals surface area (Å²) in [6.07, 6.45) is -5.38. The van der Waals surface area contributed by atoms with Gasteiger partial charge in [0.15, 0.2) is 5.78 Å². The van der Waals surface area contributed by atoms with E-state index in [4.69, 9.17) is 5.73 Å². The molecule has 3 saturated heterocycles. The van der Waals surface area contributed by atoms with Gasteiger partial charge in [0.25, 0.3) is 0 Å². The van der Waals surface area contributed by atoms with E-state index in [0.29, 0.717) is 18.3 Å². The number of Topliss-reactive ketones (excluding diaryl/α,β-unsaturated/α-hetero) is 1. The number of nitrogens with one attached hydrogen (secondary N) is 4. The van der Waals surface area contributed by atoms with Crippen molar-refractivity contribution in [2.75, 3.05) is 19.6 Å². The fourth-order valence-corrected chi connectivity index (χ4v) is 10.2. The summed E-state index contributed by atoms with van der Waals surface area (Å²) in [4.78, 5) is 101. The number of carbonyl (C=O) groups is 7. The van der Waals surface area contributed by atoms with Gasteiger partial charge in [-0.3, -0.25) is 33.6 Å². The number of phenols is 1. The molecule has 6 amide bonds. The third-order valence-electron chi connectivity index (χ3n) is 15.0. The SMILES string of the molecule is CCC(C)CC(C)CCCCCCCCC(=O)N[C@H]1C[C@@H](O)[C@@H](C)NC(=O)[C@@H]2[C@@H](O)CCN2C(=O)[C@H]([C@H](O)CCN)NC(=O)[C@H]([C@H](O)[C@@H](O)c2ccc(O)cc2)CC(=O)[C@@H]2C[C@@H](O)CN2C(=O)[C@H]([C@@H](C)O)NC1=O. The normalized spacial score (nSPS) is 29.4. The molecule has 0 spiro atoms. The minimum absolute atomic E-state index is 0.00958. The monoisotopic (exact) mass is 1050 g/mol. The molecule has 1 aromatic carbocycles. The van der Waals surface area contributed by atoms with Gasteiger partial charge in [-0.15, -0.1) is 0 Å². The molecule has 3 aliphatic heterocycles. The molecule has 14 N–H and O–H groups in total. The highest BCUT2D eigenvalue weighted by Crippen LogP contribution is 2.30. The lowest BCUT2D eigenvalue weighted by Crippen LogP contribution is -2.61. The predicted octanol–water partition coefficient (Wildman–Crippen LogP) is -0.707. The number of aliphatic hydroxyl groups is 7. The van der Waals surface area contributed by atoms with E-state index in [1.54, 1.807) is 0 Å². The van der Waals surface area contributed by atoms with Crippen molar-refractivity contribution in [1.82, 2.24) is 31.1 Å². The number of carbonyl (C=O) groups excluding carboxylic acids is 7. The van der Waals surface area contributed by atoms with Crippen molar-refractivity contribution < 1.29 is 74.4 Å². The molecule has 0 aliphatic carbocycles. The molecule has 0 radical (unpaired) electrons. The standard InChI is InChI=1S/C52H85N7O15/c1-6-28(2)23-29(3)13-11-9-7-8-10-12-14-42(67)55-36-26-40(65)30(4)54-50(72)45-39(64)20-22-58(45)52(74)44(38(63)19-21-53)57-48(70)35(47(69)46(68)32-15-17-33(61)18-16-32)25-41(66)37-24-34(62)27-59(37)51(73)43(31(5)60)56-49(36)71/h15-18,28-31,34-40,43-47,60-65,68-69H,6-14,19-27,53H2,1-5H3,(H,54,72)(H,55,67)(H,56,71)(H,57,70)/t28?,29?,30-,31-,34-,35+,36+,37+,38-,39+,40-,43+,44+,45+,46+,47+/m1/s1. The summed E-state index contributed by atoms with van der Waals surface area (Å²) >= 11 is 0. The average Bonchev–Trinajstić information content (AvgIpc) is 3.95. The molecular weight excluding hydrogens is 963 g/mol. The number of unbranched alkanes of at least 4 members (excludes halogenated alkanes) is 5.